The minimum absolute atomic E-state index is 0.0779. The van der Waals surface area contributed by atoms with Crippen molar-refractivity contribution < 1.29 is 13.2 Å². The van der Waals surface area contributed by atoms with Crippen LogP contribution in [0.2, 0.25) is 0 Å². The van der Waals surface area contributed by atoms with Gasteiger partial charge >= 0.3 is 0 Å². The molecule has 2 rings (SSSR count). The van der Waals surface area contributed by atoms with Crippen molar-refractivity contribution in [2.45, 2.75) is 26.7 Å². The lowest BCUT2D eigenvalue weighted by Crippen LogP contribution is -2.21. The smallest absolute Gasteiger partial charge is 0.240 e. The van der Waals surface area contributed by atoms with E-state index in [0.717, 1.165) is 16.7 Å². The van der Waals surface area contributed by atoms with Crippen LogP contribution in [0, 0.1) is 19.8 Å². The Labute approximate surface area is 125 Å². The highest BCUT2D eigenvalue weighted by molar-refractivity contribution is 7.91. The molecule has 1 aromatic carbocycles. The Bertz CT molecular complexity index is 665. The van der Waals surface area contributed by atoms with E-state index in [0.29, 0.717) is 6.42 Å². The molecule has 0 radical (unpaired) electrons. The van der Waals surface area contributed by atoms with E-state index in [-0.39, 0.29) is 29.8 Å². The number of carbonyl (C=O) groups excluding carboxylic acids is 1. The van der Waals surface area contributed by atoms with Gasteiger partial charge in [0.15, 0.2) is 9.84 Å². The molecular formula is C15H20N2O3S. The number of hydrogen-bond acceptors (Lipinski definition) is 4. The predicted octanol–water partition coefficient (Wildman–Crippen LogP) is 1.58. The third-order valence-corrected chi connectivity index (χ3v) is 5.47. The lowest BCUT2D eigenvalue weighted by atomic mass is 10.1. The Morgan fingerprint density at radius 1 is 1.43 bits per heavy atom. The monoisotopic (exact) mass is 308 g/mol. The zero-order chi connectivity index (χ0) is 15.5. The van der Waals surface area contributed by atoms with Gasteiger partial charge in [0.2, 0.25) is 5.91 Å². The quantitative estimate of drug-likeness (QED) is 0.678. The number of sulfone groups is 1. The molecule has 0 spiro atoms. The van der Waals surface area contributed by atoms with Gasteiger partial charge in [-0.2, -0.15) is 5.10 Å². The van der Waals surface area contributed by atoms with E-state index >= 15 is 0 Å². The maximum Gasteiger partial charge on any atom is 0.240 e. The number of nitrogens with zero attached hydrogens (tertiary/aromatic N) is 1. The molecule has 0 bridgehead atoms. The van der Waals surface area contributed by atoms with E-state index in [1.165, 1.54) is 0 Å². The van der Waals surface area contributed by atoms with Crippen LogP contribution >= 0.6 is 0 Å². The molecule has 114 valence electrons. The van der Waals surface area contributed by atoms with Crippen molar-refractivity contribution in [2.24, 2.45) is 11.0 Å². The second-order valence-corrected chi connectivity index (χ2v) is 7.86. The Morgan fingerprint density at radius 3 is 2.86 bits per heavy atom. The molecule has 5 nitrogen and oxygen atoms in total. The molecular weight excluding hydrogens is 288 g/mol. The molecule has 1 fully saturated rings. The van der Waals surface area contributed by atoms with Gasteiger partial charge in [-0.1, -0.05) is 23.8 Å². The zero-order valence-corrected chi connectivity index (χ0v) is 13.1. The van der Waals surface area contributed by atoms with Crippen molar-refractivity contribution >= 4 is 22.0 Å². The predicted molar refractivity (Wildman–Crippen MR) is 83.0 cm³/mol. The third kappa shape index (κ3) is 4.67. The van der Waals surface area contributed by atoms with Gasteiger partial charge in [0, 0.05) is 6.42 Å². The molecule has 1 aliphatic rings. The first-order chi connectivity index (χ1) is 9.85. The van der Waals surface area contributed by atoms with Gasteiger partial charge in [-0.3, -0.25) is 4.79 Å². The minimum Gasteiger partial charge on any atom is -0.273 e. The zero-order valence-electron chi connectivity index (χ0n) is 12.3. The summed E-state index contributed by atoms with van der Waals surface area (Å²) in [4.78, 5) is 11.7. The van der Waals surface area contributed by atoms with Crippen molar-refractivity contribution in [1.82, 2.24) is 5.43 Å². The number of nitrogens with one attached hydrogen (secondary N) is 1. The first-order valence-corrected chi connectivity index (χ1v) is 8.77. The molecule has 1 heterocycles. The Morgan fingerprint density at radius 2 is 2.19 bits per heavy atom. The van der Waals surface area contributed by atoms with Gasteiger partial charge in [0.05, 0.1) is 17.7 Å². The van der Waals surface area contributed by atoms with Crippen LogP contribution < -0.4 is 5.43 Å². The SMILES string of the molecule is Cc1ccc(C)c(/C=N\NC(=O)C[C@@H]2CCS(=O)(=O)C2)c1. The van der Waals surface area contributed by atoms with E-state index < -0.39 is 9.84 Å². The van der Waals surface area contributed by atoms with Crippen molar-refractivity contribution in [2.75, 3.05) is 11.5 Å². The summed E-state index contributed by atoms with van der Waals surface area (Å²) >= 11 is 0. The average molecular weight is 308 g/mol. The van der Waals surface area contributed by atoms with Gasteiger partial charge < -0.3 is 0 Å². The lowest BCUT2D eigenvalue weighted by molar-refractivity contribution is -0.121. The van der Waals surface area contributed by atoms with Crippen LogP contribution in [0.4, 0.5) is 0 Å². The first-order valence-electron chi connectivity index (χ1n) is 6.95. The Hall–Kier alpha value is -1.69. The summed E-state index contributed by atoms with van der Waals surface area (Å²) in [5, 5.41) is 3.95. The second-order valence-electron chi connectivity index (χ2n) is 5.63. The van der Waals surface area contributed by atoms with Crippen LogP contribution in [0.1, 0.15) is 29.5 Å². The molecule has 1 aliphatic heterocycles. The number of amides is 1. The summed E-state index contributed by atoms with van der Waals surface area (Å²) in [7, 11) is -2.93. The number of hydrogen-bond donors (Lipinski definition) is 1. The maximum atomic E-state index is 11.7. The molecule has 0 aromatic heterocycles. The molecule has 1 N–H and O–H groups in total. The molecule has 1 amide bonds. The highest BCUT2D eigenvalue weighted by atomic mass is 32.2. The van der Waals surface area contributed by atoms with E-state index in [1.807, 2.05) is 32.0 Å². The van der Waals surface area contributed by atoms with E-state index in [4.69, 9.17) is 0 Å². The molecule has 21 heavy (non-hydrogen) atoms. The molecule has 1 atom stereocenters. The van der Waals surface area contributed by atoms with Crippen LogP contribution in [-0.2, 0) is 14.6 Å². The molecule has 0 saturated carbocycles. The summed E-state index contributed by atoms with van der Waals surface area (Å²) in [5.74, 6) is -0.0118. The minimum atomic E-state index is -2.93. The van der Waals surface area contributed by atoms with Gasteiger partial charge in [0.25, 0.3) is 0 Å². The largest absolute Gasteiger partial charge is 0.273 e. The van der Waals surface area contributed by atoms with E-state index in [2.05, 4.69) is 10.5 Å². The van der Waals surface area contributed by atoms with E-state index in [1.54, 1.807) is 6.21 Å². The summed E-state index contributed by atoms with van der Waals surface area (Å²) in [6.07, 6.45) is 2.39. The van der Waals surface area contributed by atoms with Crippen LogP contribution in [-0.4, -0.2) is 32.0 Å². The normalized spacial score (nSPS) is 20.8. The third-order valence-electron chi connectivity index (χ3n) is 3.63. The Balaban J connectivity index is 1.86. The molecule has 6 heteroatoms. The van der Waals surface area contributed by atoms with Crippen LogP contribution in [0.5, 0.6) is 0 Å². The molecule has 0 unspecified atom stereocenters. The maximum absolute atomic E-state index is 11.7. The number of carbonyl (C=O) groups is 1. The average Bonchev–Trinajstić information content (AvgIpc) is 2.73. The topological polar surface area (TPSA) is 75.6 Å². The van der Waals surface area contributed by atoms with Crippen molar-refractivity contribution in [3.63, 3.8) is 0 Å². The van der Waals surface area contributed by atoms with Crippen molar-refractivity contribution in [3.05, 3.63) is 34.9 Å². The van der Waals surface area contributed by atoms with Gasteiger partial charge in [-0.15, -0.1) is 0 Å². The lowest BCUT2D eigenvalue weighted by Gasteiger charge is -2.05. The van der Waals surface area contributed by atoms with Crippen LogP contribution in [0.15, 0.2) is 23.3 Å². The number of aryl methyl sites for hydroxylation is 2. The number of rotatable bonds is 4. The standard InChI is InChI=1S/C15H20N2O3S/c1-11-3-4-12(2)14(7-11)9-16-17-15(18)8-13-5-6-21(19,20)10-13/h3-4,7,9,13H,5-6,8,10H2,1-2H3,(H,17,18)/b16-9-/t13-/m0/s1. The highest BCUT2D eigenvalue weighted by Gasteiger charge is 2.29. The fraction of sp³-hybridized carbons (Fsp3) is 0.467. The second kappa shape index (κ2) is 6.39. The van der Waals surface area contributed by atoms with Crippen molar-refractivity contribution in [3.8, 4) is 0 Å². The van der Waals surface area contributed by atoms with Gasteiger partial charge in [-0.25, -0.2) is 13.8 Å². The summed E-state index contributed by atoms with van der Waals surface area (Å²) in [5.41, 5.74) is 5.64. The molecule has 0 aliphatic carbocycles. The van der Waals surface area contributed by atoms with Crippen molar-refractivity contribution in [1.29, 1.82) is 0 Å². The van der Waals surface area contributed by atoms with Crippen LogP contribution in [0.3, 0.4) is 0 Å². The molecule has 1 saturated heterocycles. The Kier molecular flexibility index (Phi) is 4.77. The van der Waals surface area contributed by atoms with Gasteiger partial charge in [-0.05, 0) is 37.3 Å². The summed E-state index contributed by atoms with van der Waals surface area (Å²) in [6, 6.07) is 6.02. The summed E-state index contributed by atoms with van der Waals surface area (Å²) in [6.45, 7) is 3.97. The van der Waals surface area contributed by atoms with Gasteiger partial charge in [0.1, 0.15) is 0 Å². The highest BCUT2D eigenvalue weighted by Crippen LogP contribution is 2.21. The fourth-order valence-corrected chi connectivity index (χ4v) is 4.28. The van der Waals surface area contributed by atoms with Crippen LogP contribution in [0.25, 0.3) is 0 Å². The number of benzene rings is 1. The number of hydrazone groups is 1. The molecule has 1 aromatic rings. The fourth-order valence-electron chi connectivity index (χ4n) is 2.41. The first kappa shape index (κ1) is 15.7. The van der Waals surface area contributed by atoms with E-state index in [9.17, 15) is 13.2 Å². The summed E-state index contributed by atoms with van der Waals surface area (Å²) < 4.78 is 22.7.